The lowest BCUT2D eigenvalue weighted by Crippen LogP contribution is -2.44. The fourth-order valence-electron chi connectivity index (χ4n) is 3.72. The molecule has 1 aromatic carbocycles. The van der Waals surface area contributed by atoms with Crippen LogP contribution in [-0.4, -0.2) is 45.4 Å². The SMILES string of the molecule is O=C(Nc1ccc(F)c(-n2cc3cc(C4CCCCO4)cnc3n2)c1)N1CCC1. The van der Waals surface area contributed by atoms with E-state index >= 15 is 0 Å². The summed E-state index contributed by atoms with van der Waals surface area (Å²) in [6.45, 7) is 2.27. The van der Waals surface area contributed by atoms with Crippen LogP contribution in [0.5, 0.6) is 0 Å². The summed E-state index contributed by atoms with van der Waals surface area (Å²) in [5.74, 6) is -0.421. The van der Waals surface area contributed by atoms with Gasteiger partial charge in [-0.25, -0.2) is 18.9 Å². The Morgan fingerprint density at radius 1 is 1.21 bits per heavy atom. The summed E-state index contributed by atoms with van der Waals surface area (Å²) in [6.07, 6.45) is 7.83. The first-order valence-electron chi connectivity index (χ1n) is 10.0. The second kappa shape index (κ2) is 7.44. The number of amides is 2. The lowest BCUT2D eigenvalue weighted by atomic mass is 10.0. The lowest BCUT2D eigenvalue weighted by Gasteiger charge is -2.30. The van der Waals surface area contributed by atoms with Crippen LogP contribution in [0.25, 0.3) is 16.7 Å². The third-order valence-electron chi connectivity index (χ3n) is 5.52. The van der Waals surface area contributed by atoms with E-state index in [0.717, 1.165) is 56.3 Å². The van der Waals surface area contributed by atoms with Crippen molar-refractivity contribution in [3.63, 3.8) is 0 Å². The Kier molecular flexibility index (Phi) is 4.63. The average molecular weight is 395 g/mol. The highest BCUT2D eigenvalue weighted by Gasteiger charge is 2.21. The third-order valence-corrected chi connectivity index (χ3v) is 5.52. The van der Waals surface area contributed by atoms with Crippen LogP contribution in [0.4, 0.5) is 14.9 Å². The van der Waals surface area contributed by atoms with Gasteiger partial charge in [0.05, 0.1) is 6.10 Å². The molecule has 0 radical (unpaired) electrons. The van der Waals surface area contributed by atoms with Crippen molar-refractivity contribution < 1.29 is 13.9 Å². The molecule has 1 atom stereocenters. The molecule has 2 aliphatic heterocycles. The largest absolute Gasteiger partial charge is 0.373 e. The molecule has 8 heteroatoms. The molecule has 2 aliphatic rings. The van der Waals surface area contributed by atoms with Crippen molar-refractivity contribution in [2.45, 2.75) is 31.8 Å². The molecular weight excluding hydrogens is 373 g/mol. The molecule has 3 aromatic rings. The number of nitrogens with one attached hydrogen (secondary N) is 1. The van der Waals surface area contributed by atoms with Gasteiger partial charge in [-0.2, -0.15) is 0 Å². The first kappa shape index (κ1) is 18.1. The van der Waals surface area contributed by atoms with Gasteiger partial charge in [-0.05, 0) is 55.5 Å². The number of benzene rings is 1. The molecule has 0 saturated carbocycles. The molecule has 5 rings (SSSR count). The summed E-state index contributed by atoms with van der Waals surface area (Å²) < 4.78 is 21.8. The molecule has 1 N–H and O–H groups in total. The molecule has 2 fully saturated rings. The molecule has 150 valence electrons. The highest BCUT2D eigenvalue weighted by Crippen LogP contribution is 2.29. The van der Waals surface area contributed by atoms with Crippen LogP contribution >= 0.6 is 0 Å². The van der Waals surface area contributed by atoms with Crippen LogP contribution in [0.2, 0.25) is 0 Å². The van der Waals surface area contributed by atoms with Crippen LogP contribution in [0, 0.1) is 5.82 Å². The summed E-state index contributed by atoms with van der Waals surface area (Å²) in [4.78, 5) is 18.3. The first-order chi connectivity index (χ1) is 14.2. The van der Waals surface area contributed by atoms with Crippen LogP contribution in [-0.2, 0) is 4.74 Å². The van der Waals surface area contributed by atoms with Gasteiger partial charge in [0, 0.05) is 43.2 Å². The van der Waals surface area contributed by atoms with Gasteiger partial charge in [0.25, 0.3) is 0 Å². The zero-order valence-corrected chi connectivity index (χ0v) is 16.0. The number of pyridine rings is 1. The van der Waals surface area contributed by atoms with E-state index in [1.54, 1.807) is 29.4 Å². The number of rotatable bonds is 3. The van der Waals surface area contributed by atoms with Crippen LogP contribution in [0.15, 0.2) is 36.7 Å². The van der Waals surface area contributed by atoms with Gasteiger partial charge < -0.3 is 15.0 Å². The predicted molar refractivity (Wildman–Crippen MR) is 107 cm³/mol. The number of nitrogens with zero attached hydrogens (tertiary/aromatic N) is 4. The number of halogens is 1. The predicted octanol–water partition coefficient (Wildman–Crippen LogP) is 4.04. The standard InChI is InChI=1S/C21H22FN5O2/c22-17-6-5-16(24-21(28)26-7-3-8-26)11-18(17)27-13-15-10-14(12-23-20(15)25-27)19-4-1-2-9-29-19/h5-6,10-13,19H,1-4,7-9H2,(H,24,28). The highest BCUT2D eigenvalue weighted by atomic mass is 19.1. The Morgan fingerprint density at radius 2 is 2.10 bits per heavy atom. The second-order valence-corrected chi connectivity index (χ2v) is 7.55. The number of aromatic nitrogens is 3. The van der Waals surface area contributed by atoms with Gasteiger partial charge in [-0.1, -0.05) is 0 Å². The molecule has 0 aliphatic carbocycles. The van der Waals surface area contributed by atoms with Gasteiger partial charge in [0.2, 0.25) is 0 Å². The van der Waals surface area contributed by atoms with Crippen molar-refractivity contribution in [3.05, 3.63) is 48.0 Å². The zero-order valence-electron chi connectivity index (χ0n) is 16.0. The van der Waals surface area contributed by atoms with Crippen LogP contribution in [0.1, 0.15) is 37.4 Å². The van der Waals surface area contributed by atoms with E-state index in [4.69, 9.17) is 4.74 Å². The molecular formula is C21H22FN5O2. The van der Waals surface area contributed by atoms with Crippen LogP contribution < -0.4 is 5.32 Å². The number of likely N-dealkylation sites (tertiary alicyclic amines) is 1. The summed E-state index contributed by atoms with van der Waals surface area (Å²) in [5, 5.41) is 8.05. The maximum Gasteiger partial charge on any atom is 0.321 e. The van der Waals surface area contributed by atoms with Crippen molar-refractivity contribution in [2.75, 3.05) is 25.0 Å². The Bertz CT molecular complexity index is 1060. The van der Waals surface area contributed by atoms with Gasteiger partial charge >= 0.3 is 6.03 Å². The zero-order chi connectivity index (χ0) is 19.8. The summed E-state index contributed by atoms with van der Waals surface area (Å²) in [6, 6.07) is 6.32. The fraction of sp³-hybridized carbons (Fsp3) is 0.381. The van der Waals surface area contributed by atoms with E-state index < -0.39 is 5.82 Å². The van der Waals surface area contributed by atoms with Gasteiger partial charge in [-0.15, -0.1) is 5.10 Å². The van der Waals surface area contributed by atoms with Crippen molar-refractivity contribution in [1.82, 2.24) is 19.7 Å². The van der Waals surface area contributed by atoms with Crippen LogP contribution in [0.3, 0.4) is 0 Å². The molecule has 2 aromatic heterocycles. The van der Waals surface area contributed by atoms with Crippen molar-refractivity contribution >= 4 is 22.8 Å². The Hall–Kier alpha value is -3.00. The Balaban J connectivity index is 1.43. The maximum atomic E-state index is 14.5. The highest BCUT2D eigenvalue weighted by molar-refractivity contribution is 5.90. The molecule has 2 saturated heterocycles. The van der Waals surface area contributed by atoms with E-state index in [0.29, 0.717) is 11.3 Å². The molecule has 29 heavy (non-hydrogen) atoms. The van der Waals surface area contributed by atoms with Crippen molar-refractivity contribution in [1.29, 1.82) is 0 Å². The number of anilines is 1. The molecule has 1 unspecified atom stereocenters. The number of ether oxygens (including phenoxy) is 1. The van der Waals surface area contributed by atoms with E-state index in [1.165, 1.54) is 10.7 Å². The van der Waals surface area contributed by atoms with Gasteiger partial charge in [0.1, 0.15) is 11.5 Å². The topological polar surface area (TPSA) is 72.3 Å². The number of carbonyl (C=O) groups excluding carboxylic acids is 1. The first-order valence-corrected chi connectivity index (χ1v) is 10.0. The minimum atomic E-state index is -0.421. The normalized spacial score (nSPS) is 19.2. The van der Waals surface area contributed by atoms with Gasteiger partial charge in [0.15, 0.2) is 5.65 Å². The Morgan fingerprint density at radius 3 is 2.86 bits per heavy atom. The number of fused-ring (bicyclic) bond motifs is 1. The van der Waals surface area contributed by atoms with E-state index in [9.17, 15) is 9.18 Å². The molecule has 7 nitrogen and oxygen atoms in total. The van der Waals surface area contributed by atoms with E-state index in [2.05, 4.69) is 15.4 Å². The Labute approximate surface area is 167 Å². The minimum Gasteiger partial charge on any atom is -0.373 e. The van der Waals surface area contributed by atoms with Gasteiger partial charge in [-0.3, -0.25) is 0 Å². The summed E-state index contributed by atoms with van der Waals surface area (Å²) in [5.41, 5.74) is 2.36. The maximum absolute atomic E-state index is 14.5. The fourth-order valence-corrected chi connectivity index (χ4v) is 3.72. The van der Waals surface area contributed by atoms with Crippen molar-refractivity contribution in [3.8, 4) is 5.69 Å². The average Bonchev–Trinajstić information content (AvgIpc) is 3.12. The lowest BCUT2D eigenvalue weighted by molar-refractivity contribution is 0.0148. The number of urea groups is 1. The molecule has 2 amide bonds. The number of hydrogen-bond acceptors (Lipinski definition) is 4. The quantitative estimate of drug-likeness (QED) is 0.727. The molecule has 4 heterocycles. The smallest absolute Gasteiger partial charge is 0.321 e. The third kappa shape index (κ3) is 3.55. The number of carbonyl (C=O) groups is 1. The summed E-state index contributed by atoms with van der Waals surface area (Å²) in [7, 11) is 0. The van der Waals surface area contributed by atoms with E-state index in [-0.39, 0.29) is 17.8 Å². The monoisotopic (exact) mass is 395 g/mol. The summed E-state index contributed by atoms with van der Waals surface area (Å²) >= 11 is 0. The van der Waals surface area contributed by atoms with E-state index in [1.807, 2.05) is 6.07 Å². The molecule has 0 bridgehead atoms. The minimum absolute atomic E-state index is 0.0563. The van der Waals surface area contributed by atoms with Crippen molar-refractivity contribution in [2.24, 2.45) is 0 Å². The number of hydrogen-bond donors (Lipinski definition) is 1. The second-order valence-electron chi connectivity index (χ2n) is 7.55. The molecule has 0 spiro atoms.